The second-order valence-electron chi connectivity index (χ2n) is 20.3. The van der Waals surface area contributed by atoms with Crippen molar-refractivity contribution in [3.8, 4) is 0 Å². The van der Waals surface area contributed by atoms with Crippen molar-refractivity contribution in [1.29, 1.82) is 0 Å². The van der Waals surface area contributed by atoms with Crippen LogP contribution in [0.4, 0.5) is 0 Å². The number of hydrogen-bond donors (Lipinski definition) is 1. The van der Waals surface area contributed by atoms with Gasteiger partial charge in [-0.05, 0) is 67.1 Å². The quantitative estimate of drug-likeness (QED) is 0.0586. The lowest BCUT2D eigenvalue weighted by Gasteiger charge is -2.40. The molecule has 14 heteroatoms. The molecule has 378 valence electrons. The van der Waals surface area contributed by atoms with Gasteiger partial charge in [0.1, 0.15) is 11.6 Å². The number of unbranched alkanes of at least 4 members (excludes halogenated alkanes) is 2. The Morgan fingerprint density at radius 3 is 2.03 bits per heavy atom. The first-order valence-corrected chi connectivity index (χ1v) is 26.2. The summed E-state index contributed by atoms with van der Waals surface area (Å²) in [6.45, 7) is 15.8. The number of hydrogen-bond acceptors (Lipinski definition) is 11. The van der Waals surface area contributed by atoms with Crippen molar-refractivity contribution in [1.82, 2.24) is 14.7 Å². The van der Waals surface area contributed by atoms with E-state index in [2.05, 4.69) is 0 Å². The minimum Gasteiger partial charge on any atom is -0.388 e. The molecule has 3 unspecified atom stereocenters. The molecule has 0 spiro atoms. The maximum absolute atomic E-state index is 14.7. The Hall–Kier alpha value is -3.46. The number of carbonyl (C=O) groups excluding carboxylic acids is 7. The molecule has 1 aromatic carbocycles. The topological polar surface area (TPSA) is 168 Å². The van der Waals surface area contributed by atoms with Gasteiger partial charge in [-0.3, -0.25) is 38.5 Å². The molecule has 12 atom stereocenters. The highest BCUT2D eigenvalue weighted by molar-refractivity contribution is 8.00. The summed E-state index contributed by atoms with van der Waals surface area (Å²) in [5, 5.41) is 10.7. The number of aliphatic hydroxyl groups excluding tert-OH is 1. The number of carbonyl (C=O) groups is 7. The summed E-state index contributed by atoms with van der Waals surface area (Å²) in [7, 11) is 6.55. The van der Waals surface area contributed by atoms with Gasteiger partial charge in [-0.2, -0.15) is 11.8 Å². The number of ketones is 3. The number of aliphatic hydroxyl groups is 1. The number of thioether (sulfide) groups is 1. The van der Waals surface area contributed by atoms with Gasteiger partial charge in [0.05, 0.1) is 35.6 Å². The summed E-state index contributed by atoms with van der Waals surface area (Å²) in [6, 6.07) is 8.12. The Balaban J connectivity index is 1.69. The van der Waals surface area contributed by atoms with Crippen molar-refractivity contribution < 1.29 is 48.1 Å². The first-order chi connectivity index (χ1) is 31.7. The van der Waals surface area contributed by atoms with Crippen LogP contribution in [0.1, 0.15) is 144 Å². The van der Waals surface area contributed by atoms with Gasteiger partial charge in [0.25, 0.3) is 0 Å². The highest BCUT2D eigenvalue weighted by Crippen LogP contribution is 2.41. The molecule has 1 saturated heterocycles. The van der Waals surface area contributed by atoms with Gasteiger partial charge >= 0.3 is 0 Å². The van der Waals surface area contributed by atoms with Crippen LogP contribution in [0, 0.1) is 47.3 Å². The van der Waals surface area contributed by atoms with Gasteiger partial charge in [-0.1, -0.05) is 105 Å². The summed E-state index contributed by atoms with van der Waals surface area (Å²) < 4.78 is 12.2. The van der Waals surface area contributed by atoms with Crippen LogP contribution in [0.2, 0.25) is 0 Å². The largest absolute Gasteiger partial charge is 0.388 e. The fourth-order valence-electron chi connectivity index (χ4n) is 10.8. The lowest BCUT2D eigenvalue weighted by Crippen LogP contribution is -2.53. The van der Waals surface area contributed by atoms with E-state index in [0.29, 0.717) is 38.6 Å². The average molecular weight is 956 g/mol. The van der Waals surface area contributed by atoms with Gasteiger partial charge in [0, 0.05) is 84.7 Å². The van der Waals surface area contributed by atoms with E-state index < -0.39 is 42.2 Å². The van der Waals surface area contributed by atoms with Crippen molar-refractivity contribution in [2.24, 2.45) is 47.3 Å². The van der Waals surface area contributed by atoms with E-state index in [-0.39, 0.29) is 114 Å². The van der Waals surface area contributed by atoms with Crippen molar-refractivity contribution in [2.45, 2.75) is 168 Å². The standard InChI is InChI=1S/C53H85N3O10S/c1-14-34(6)49(44(65-11)30-42(58)38-24-21-25-39(38)51(66-12)36(8)41(57)28-35(7)50(62)37-22-17-15-18-23-37)55(10)52(63)40(32(2)3)29-43(59)48(33(4)5)54(9)46(60)26-19-16-20-27-56-47(61)31-45(67-13)53(56)64/h15,17-18,22-23,32-36,38-40,44-45,48-51,62H,14,16,19-21,24-31H2,1-13H3/t34-,35-,36-,38?,39+,40?,44+,45?,48-,49-,50+,51+/m0/s1. The molecule has 0 radical (unpaired) electrons. The summed E-state index contributed by atoms with van der Waals surface area (Å²) in [5.41, 5.74) is 0.764. The molecule has 1 aliphatic heterocycles. The van der Waals surface area contributed by atoms with Gasteiger partial charge in [-0.15, -0.1) is 0 Å². The third kappa shape index (κ3) is 15.3. The number of likely N-dealkylation sites (tertiary alicyclic amines) is 1. The number of methoxy groups -OCH3 is 2. The molecule has 2 fully saturated rings. The fraction of sp³-hybridized carbons (Fsp3) is 0.755. The minimum atomic E-state index is -0.782. The molecule has 1 aliphatic carbocycles. The number of amides is 4. The normalized spacial score (nSPS) is 21.7. The fourth-order valence-corrected chi connectivity index (χ4v) is 11.4. The SMILES string of the molecule is CC[C@H](C)[C@@H]([C@@H](CC(=O)C1CCC[C@H]1[C@H](OC)[C@@H](C)C(=O)C[C@H](C)[C@@H](O)c1ccccc1)OC)N(C)C(=O)C(CC(=O)[C@H](C(C)C)N(C)C(=O)CCCCCN1C(=O)CC(SC)C1=O)C(C)C. The first kappa shape index (κ1) is 57.9. The molecule has 3 rings (SSSR count). The van der Waals surface area contributed by atoms with E-state index in [0.717, 1.165) is 18.4 Å². The lowest BCUT2D eigenvalue weighted by molar-refractivity contribution is -0.148. The van der Waals surface area contributed by atoms with Crippen LogP contribution in [-0.4, -0.2) is 131 Å². The van der Waals surface area contributed by atoms with Crippen molar-refractivity contribution in [3.05, 3.63) is 35.9 Å². The molecule has 2 aliphatic rings. The molecule has 0 bridgehead atoms. The predicted molar refractivity (Wildman–Crippen MR) is 264 cm³/mol. The van der Waals surface area contributed by atoms with Crippen molar-refractivity contribution in [3.63, 3.8) is 0 Å². The molecule has 13 nitrogen and oxygen atoms in total. The van der Waals surface area contributed by atoms with Gasteiger partial charge in [0.15, 0.2) is 5.78 Å². The maximum atomic E-state index is 14.7. The van der Waals surface area contributed by atoms with E-state index in [4.69, 9.17) is 9.47 Å². The smallest absolute Gasteiger partial charge is 0.242 e. The highest BCUT2D eigenvalue weighted by Gasteiger charge is 2.45. The molecule has 4 amide bonds. The second-order valence-corrected chi connectivity index (χ2v) is 21.3. The summed E-state index contributed by atoms with van der Waals surface area (Å²) in [5.74, 6) is -3.32. The summed E-state index contributed by atoms with van der Waals surface area (Å²) in [6.07, 6.45) is 5.33. The second kappa shape index (κ2) is 27.7. The maximum Gasteiger partial charge on any atom is 0.242 e. The molecule has 0 aromatic heterocycles. The summed E-state index contributed by atoms with van der Waals surface area (Å²) >= 11 is 1.39. The number of imide groups is 1. The summed E-state index contributed by atoms with van der Waals surface area (Å²) in [4.78, 5) is 99.9. The number of likely N-dealkylation sites (N-methyl/N-ethyl adjacent to an activating group) is 2. The monoisotopic (exact) mass is 956 g/mol. The Kier molecular flexibility index (Phi) is 23.9. The van der Waals surface area contributed by atoms with Crippen molar-refractivity contribution >= 4 is 52.7 Å². The Bertz CT molecular complexity index is 1790. The van der Waals surface area contributed by atoms with E-state index in [1.54, 1.807) is 33.2 Å². The van der Waals surface area contributed by atoms with Crippen LogP contribution in [0.3, 0.4) is 0 Å². The van der Waals surface area contributed by atoms with E-state index >= 15 is 0 Å². The van der Waals surface area contributed by atoms with Crippen LogP contribution < -0.4 is 0 Å². The van der Waals surface area contributed by atoms with E-state index in [9.17, 15) is 38.7 Å². The van der Waals surface area contributed by atoms with Crippen LogP contribution in [0.5, 0.6) is 0 Å². The molecular weight excluding hydrogens is 871 g/mol. The minimum absolute atomic E-state index is 0.0144. The molecule has 1 N–H and O–H groups in total. The molecule has 1 aromatic rings. The molecule has 1 heterocycles. The van der Waals surface area contributed by atoms with Crippen LogP contribution in [-0.2, 0) is 43.0 Å². The van der Waals surface area contributed by atoms with Crippen LogP contribution >= 0.6 is 11.8 Å². The molecule has 1 saturated carbocycles. The average Bonchev–Trinajstić information content (AvgIpc) is 3.90. The number of rotatable bonds is 30. The molecular formula is C53H85N3O10S. The highest BCUT2D eigenvalue weighted by atomic mass is 32.2. The van der Waals surface area contributed by atoms with Crippen LogP contribution in [0.25, 0.3) is 0 Å². The van der Waals surface area contributed by atoms with E-state index in [1.807, 2.05) is 92.0 Å². The third-order valence-corrected chi connectivity index (χ3v) is 16.0. The third-order valence-electron chi connectivity index (χ3n) is 15.1. The van der Waals surface area contributed by atoms with Crippen molar-refractivity contribution in [2.75, 3.05) is 41.1 Å². The zero-order valence-corrected chi connectivity index (χ0v) is 43.8. The van der Waals surface area contributed by atoms with Gasteiger partial charge in [-0.25, -0.2) is 0 Å². The Morgan fingerprint density at radius 1 is 0.821 bits per heavy atom. The predicted octanol–water partition coefficient (Wildman–Crippen LogP) is 8.00. The Morgan fingerprint density at radius 2 is 1.48 bits per heavy atom. The van der Waals surface area contributed by atoms with E-state index in [1.165, 1.54) is 21.6 Å². The number of Topliss-reactive ketones (excluding diaryl/α,β-unsaturated/α-hetero) is 3. The van der Waals surface area contributed by atoms with Gasteiger partial charge in [0.2, 0.25) is 23.6 Å². The zero-order valence-electron chi connectivity index (χ0n) is 43.0. The zero-order chi connectivity index (χ0) is 50.3. The number of nitrogens with zero attached hydrogens (tertiary/aromatic N) is 3. The lowest BCUT2D eigenvalue weighted by atomic mass is 9.77. The first-order valence-electron chi connectivity index (χ1n) is 24.9. The van der Waals surface area contributed by atoms with Crippen LogP contribution in [0.15, 0.2) is 30.3 Å². The molecule has 67 heavy (non-hydrogen) atoms. The number of benzene rings is 1. The Labute approximate surface area is 406 Å². The number of ether oxygens (including phenoxy) is 2. The van der Waals surface area contributed by atoms with Gasteiger partial charge < -0.3 is 24.4 Å².